The third kappa shape index (κ3) is 5.09. The average molecular weight is 663 g/mol. The van der Waals surface area contributed by atoms with Crippen LogP contribution >= 0.6 is 0 Å². The van der Waals surface area contributed by atoms with Crippen LogP contribution in [0.2, 0.25) is 0 Å². The summed E-state index contributed by atoms with van der Waals surface area (Å²) in [7, 11) is 0. The molecule has 0 aliphatic heterocycles. The van der Waals surface area contributed by atoms with Gasteiger partial charge in [0.15, 0.2) is 5.82 Å². The van der Waals surface area contributed by atoms with Crippen molar-refractivity contribution in [2.24, 2.45) is 0 Å². The van der Waals surface area contributed by atoms with Gasteiger partial charge in [0.1, 0.15) is 0 Å². The van der Waals surface area contributed by atoms with Gasteiger partial charge in [0.25, 0.3) is 0 Å². The number of pyridine rings is 2. The summed E-state index contributed by atoms with van der Waals surface area (Å²) in [5.74, 6) is 0.709. The average Bonchev–Trinajstić information content (AvgIpc) is 3.23. The summed E-state index contributed by atoms with van der Waals surface area (Å²) in [5.41, 5.74) is 11.7. The molecule has 4 nitrogen and oxygen atoms in total. The van der Waals surface area contributed by atoms with Crippen LogP contribution in [0.3, 0.4) is 0 Å². The van der Waals surface area contributed by atoms with Crippen molar-refractivity contribution in [3.05, 3.63) is 182 Å². The maximum Gasteiger partial charge on any atom is 0.159 e. The Morgan fingerprint density at radius 3 is 1.54 bits per heavy atom. The van der Waals surface area contributed by atoms with E-state index in [-0.39, 0.29) is 0 Å². The smallest absolute Gasteiger partial charge is 0.159 e. The Morgan fingerprint density at radius 2 is 0.846 bits per heavy atom. The molecule has 0 saturated heterocycles. The van der Waals surface area contributed by atoms with Gasteiger partial charge < -0.3 is 0 Å². The predicted molar refractivity (Wildman–Crippen MR) is 215 cm³/mol. The Bertz CT molecular complexity index is 2880. The molecule has 7 aromatic carbocycles. The van der Waals surface area contributed by atoms with E-state index in [1.54, 1.807) is 12.4 Å². The van der Waals surface area contributed by atoms with Crippen molar-refractivity contribution in [2.45, 2.75) is 0 Å². The van der Waals surface area contributed by atoms with Crippen molar-refractivity contribution in [3.8, 4) is 56.0 Å². The Morgan fingerprint density at radius 1 is 0.308 bits per heavy atom. The highest BCUT2D eigenvalue weighted by Crippen LogP contribution is 2.45. The fourth-order valence-corrected chi connectivity index (χ4v) is 7.59. The van der Waals surface area contributed by atoms with E-state index >= 15 is 0 Å². The van der Waals surface area contributed by atoms with Gasteiger partial charge in [0, 0.05) is 40.5 Å². The summed E-state index contributed by atoms with van der Waals surface area (Å²) >= 11 is 0. The van der Waals surface area contributed by atoms with Gasteiger partial charge in [-0.25, -0.2) is 15.0 Å². The third-order valence-corrected chi connectivity index (χ3v) is 9.99. The largest absolute Gasteiger partial charge is 0.254 e. The van der Waals surface area contributed by atoms with E-state index in [0.29, 0.717) is 5.82 Å². The zero-order chi connectivity index (χ0) is 34.4. The molecule has 0 N–H and O–H groups in total. The highest BCUT2D eigenvalue weighted by atomic mass is 14.8. The Balaban J connectivity index is 1.25. The van der Waals surface area contributed by atoms with E-state index in [9.17, 15) is 0 Å². The predicted octanol–water partition coefficient (Wildman–Crippen LogP) is 12.2. The first-order valence-electron chi connectivity index (χ1n) is 17.5. The summed E-state index contributed by atoms with van der Waals surface area (Å²) in [6, 6.07) is 58.2. The van der Waals surface area contributed by atoms with Gasteiger partial charge in [0.05, 0.1) is 16.7 Å². The maximum absolute atomic E-state index is 5.30. The lowest BCUT2D eigenvalue weighted by atomic mass is 9.84. The van der Waals surface area contributed by atoms with Crippen molar-refractivity contribution < 1.29 is 0 Å². The van der Waals surface area contributed by atoms with E-state index in [1.165, 1.54) is 38.2 Å². The zero-order valence-corrected chi connectivity index (χ0v) is 28.1. The third-order valence-electron chi connectivity index (χ3n) is 9.99. The van der Waals surface area contributed by atoms with Crippen molar-refractivity contribution >= 4 is 43.4 Å². The number of benzene rings is 7. The van der Waals surface area contributed by atoms with Crippen molar-refractivity contribution in [3.63, 3.8) is 0 Å². The molecular weight excluding hydrogens is 633 g/mol. The van der Waals surface area contributed by atoms with Crippen LogP contribution in [0, 0.1) is 0 Å². The lowest BCUT2D eigenvalue weighted by molar-refractivity contribution is 1.18. The molecule has 52 heavy (non-hydrogen) atoms. The standard InChI is InChI=1S/C48H30N4/c1-2-10-32(11-3-1)44-39-13-4-6-15-41(39)45(42-16-7-5-14-40(42)44)38-29-36(31-17-21-35(22-18-31)48-50-26-9-27-51-48)28-37(30-38)43-24-23-34-20-19-33-12-8-25-49-46(33)47(34)52-43/h1-30H. The first-order chi connectivity index (χ1) is 25.8. The molecule has 242 valence electrons. The summed E-state index contributed by atoms with van der Waals surface area (Å²) in [5, 5.41) is 7.01. The molecule has 0 bridgehead atoms. The van der Waals surface area contributed by atoms with E-state index in [0.717, 1.165) is 55.3 Å². The molecule has 0 aliphatic rings. The molecule has 0 amide bonds. The molecule has 0 radical (unpaired) electrons. The SMILES string of the molecule is c1ccc(-c2c3ccccc3c(-c3cc(-c4ccc(-c5ncccn5)cc4)cc(-c4ccc5ccc6cccnc6c5n4)c3)c3ccccc23)cc1. The van der Waals surface area contributed by atoms with Gasteiger partial charge in [-0.2, -0.15) is 0 Å². The van der Waals surface area contributed by atoms with Gasteiger partial charge in [0.2, 0.25) is 0 Å². The van der Waals surface area contributed by atoms with Crippen LogP contribution in [0.1, 0.15) is 0 Å². The summed E-state index contributed by atoms with van der Waals surface area (Å²) < 4.78 is 0. The molecule has 4 heteroatoms. The Hall–Kier alpha value is -7.04. The highest BCUT2D eigenvalue weighted by Gasteiger charge is 2.18. The molecule has 0 fully saturated rings. The minimum atomic E-state index is 0.709. The lowest BCUT2D eigenvalue weighted by Crippen LogP contribution is -1.93. The quantitative estimate of drug-likeness (QED) is 0.136. The number of hydrogen-bond acceptors (Lipinski definition) is 4. The van der Waals surface area contributed by atoms with E-state index < -0.39 is 0 Å². The summed E-state index contributed by atoms with van der Waals surface area (Å²) in [4.78, 5) is 19.0. The van der Waals surface area contributed by atoms with Crippen LogP contribution < -0.4 is 0 Å². The topological polar surface area (TPSA) is 51.6 Å². The fraction of sp³-hybridized carbons (Fsp3) is 0. The molecule has 0 spiro atoms. The monoisotopic (exact) mass is 662 g/mol. The molecule has 0 saturated carbocycles. The highest BCUT2D eigenvalue weighted by molar-refractivity contribution is 6.21. The molecule has 3 aromatic heterocycles. The van der Waals surface area contributed by atoms with Gasteiger partial charge in [-0.15, -0.1) is 0 Å². The van der Waals surface area contributed by atoms with Crippen LogP contribution in [0.15, 0.2) is 182 Å². The molecular formula is C48H30N4. The normalized spacial score (nSPS) is 11.5. The van der Waals surface area contributed by atoms with Crippen LogP contribution in [-0.4, -0.2) is 19.9 Å². The van der Waals surface area contributed by atoms with Crippen LogP contribution in [-0.2, 0) is 0 Å². The number of rotatable bonds is 5. The van der Waals surface area contributed by atoms with E-state index in [2.05, 4.69) is 162 Å². The second-order valence-electron chi connectivity index (χ2n) is 13.1. The molecule has 0 aliphatic carbocycles. The number of aromatic nitrogens is 4. The summed E-state index contributed by atoms with van der Waals surface area (Å²) in [6.07, 6.45) is 5.40. The van der Waals surface area contributed by atoms with Crippen molar-refractivity contribution in [2.75, 3.05) is 0 Å². The lowest BCUT2D eigenvalue weighted by Gasteiger charge is -2.19. The van der Waals surface area contributed by atoms with Crippen LogP contribution in [0.25, 0.3) is 99.4 Å². The number of hydrogen-bond donors (Lipinski definition) is 0. The second kappa shape index (κ2) is 12.4. The number of nitrogens with zero attached hydrogens (tertiary/aromatic N) is 4. The number of fused-ring (bicyclic) bond motifs is 5. The van der Waals surface area contributed by atoms with Gasteiger partial charge >= 0.3 is 0 Å². The molecule has 0 atom stereocenters. The maximum atomic E-state index is 5.30. The van der Waals surface area contributed by atoms with Gasteiger partial charge in [-0.1, -0.05) is 127 Å². The molecule has 10 aromatic rings. The molecule has 0 unspecified atom stereocenters. The molecule has 10 rings (SSSR count). The Kier molecular flexibility index (Phi) is 7.10. The fourth-order valence-electron chi connectivity index (χ4n) is 7.59. The second-order valence-corrected chi connectivity index (χ2v) is 13.1. The zero-order valence-electron chi connectivity index (χ0n) is 28.1. The van der Waals surface area contributed by atoms with Crippen molar-refractivity contribution in [1.29, 1.82) is 0 Å². The Labute approximate surface area is 300 Å². The van der Waals surface area contributed by atoms with Crippen LogP contribution in [0.4, 0.5) is 0 Å². The first-order valence-corrected chi connectivity index (χ1v) is 17.5. The van der Waals surface area contributed by atoms with E-state index in [4.69, 9.17) is 9.97 Å². The van der Waals surface area contributed by atoms with Crippen molar-refractivity contribution in [1.82, 2.24) is 19.9 Å². The molecule has 3 heterocycles. The van der Waals surface area contributed by atoms with Gasteiger partial charge in [-0.05, 0) is 91.3 Å². The first kappa shape index (κ1) is 29.8. The minimum absolute atomic E-state index is 0.709. The summed E-state index contributed by atoms with van der Waals surface area (Å²) in [6.45, 7) is 0. The minimum Gasteiger partial charge on any atom is -0.254 e. The van der Waals surface area contributed by atoms with Gasteiger partial charge in [-0.3, -0.25) is 4.98 Å². The van der Waals surface area contributed by atoms with E-state index in [1.807, 2.05) is 18.3 Å². The van der Waals surface area contributed by atoms with Crippen LogP contribution in [0.5, 0.6) is 0 Å².